The van der Waals surface area contributed by atoms with Gasteiger partial charge in [0.05, 0.1) is 0 Å². The summed E-state index contributed by atoms with van der Waals surface area (Å²) in [5.74, 6) is 0.300. The fourth-order valence-corrected chi connectivity index (χ4v) is 1.07. The van der Waals surface area contributed by atoms with E-state index in [1.165, 1.54) is 0 Å². The van der Waals surface area contributed by atoms with Crippen LogP contribution in [0.1, 0.15) is 0 Å². The second kappa shape index (κ2) is 3.29. The van der Waals surface area contributed by atoms with Gasteiger partial charge in [-0.05, 0) is 0 Å². The number of nitrogens with zero attached hydrogens (tertiary/aromatic N) is 2. The molecule has 1 aromatic carbocycles. The van der Waals surface area contributed by atoms with E-state index in [1.54, 1.807) is 0 Å². The lowest BCUT2D eigenvalue weighted by Crippen LogP contribution is -2.16. The normalized spacial score (nSPS) is 10.0. The fraction of sp³-hybridized carbons (Fsp3) is 0. The van der Waals surface area contributed by atoms with Crippen molar-refractivity contribution in [1.82, 2.24) is 15.2 Å². The second-order valence-electron chi connectivity index (χ2n) is 2.75. The molecule has 0 saturated heterocycles. The Labute approximate surface area is 79.6 Å². The van der Waals surface area contributed by atoms with Crippen LogP contribution in [0, 0.1) is 0 Å². The van der Waals surface area contributed by atoms with E-state index in [2.05, 4.69) is 15.2 Å². The third-order valence-electron chi connectivity index (χ3n) is 1.77. The predicted molar refractivity (Wildman–Crippen MR) is 52.5 cm³/mol. The van der Waals surface area contributed by atoms with Gasteiger partial charge in [0.1, 0.15) is 0 Å². The second-order valence-corrected chi connectivity index (χ2v) is 2.75. The first-order chi connectivity index (χ1) is 6.77. The number of nitrogens with two attached hydrogens (primary N) is 1. The van der Waals surface area contributed by atoms with Crippen LogP contribution in [0.15, 0.2) is 35.1 Å². The number of nitrogen functional groups attached to an aromatic ring is 1. The summed E-state index contributed by atoms with van der Waals surface area (Å²) in [6.45, 7) is 0. The lowest BCUT2D eigenvalue weighted by atomic mass is 10.2. The maximum absolute atomic E-state index is 11.1. The predicted octanol–water partition coefficient (Wildman–Crippen LogP) is 0.414. The van der Waals surface area contributed by atoms with Crippen LogP contribution in [-0.4, -0.2) is 15.2 Å². The lowest BCUT2D eigenvalue weighted by Gasteiger charge is -1.98. The molecule has 1 aromatic heterocycles. The number of rotatable bonds is 1. The van der Waals surface area contributed by atoms with Crippen molar-refractivity contribution in [2.45, 2.75) is 0 Å². The molecule has 0 aliphatic rings. The van der Waals surface area contributed by atoms with Crippen molar-refractivity contribution in [3.63, 3.8) is 0 Å². The SMILES string of the molecule is Nc1nnc(-c2ccccc2)[nH]c1=O. The molecular formula is C9H8N4O. The molecule has 0 amide bonds. The molecule has 70 valence electrons. The van der Waals surface area contributed by atoms with E-state index in [9.17, 15) is 4.79 Å². The van der Waals surface area contributed by atoms with Gasteiger partial charge in [-0.2, -0.15) is 0 Å². The molecule has 5 heteroatoms. The van der Waals surface area contributed by atoms with Crippen LogP contribution in [-0.2, 0) is 0 Å². The average Bonchev–Trinajstić information content (AvgIpc) is 2.23. The highest BCUT2D eigenvalue weighted by atomic mass is 16.1. The largest absolute Gasteiger partial charge is 0.378 e. The molecule has 5 nitrogen and oxygen atoms in total. The number of aromatic amines is 1. The maximum atomic E-state index is 11.1. The molecule has 0 aliphatic carbocycles. The van der Waals surface area contributed by atoms with Crippen molar-refractivity contribution in [1.29, 1.82) is 0 Å². The lowest BCUT2D eigenvalue weighted by molar-refractivity contribution is 0.967. The number of benzene rings is 1. The molecule has 0 atom stereocenters. The minimum atomic E-state index is -0.418. The molecule has 0 fully saturated rings. The molecule has 3 N–H and O–H groups in total. The third kappa shape index (κ3) is 1.47. The standard InChI is InChI=1S/C9H8N4O/c10-7-9(14)11-8(13-12-7)6-4-2-1-3-5-6/h1-5H,(H2,10,12)(H,11,13,14). The molecular weight excluding hydrogens is 180 g/mol. The quantitative estimate of drug-likeness (QED) is 0.679. The summed E-state index contributed by atoms with van der Waals surface area (Å²) in [6.07, 6.45) is 0. The van der Waals surface area contributed by atoms with Gasteiger partial charge in [0.2, 0.25) is 5.82 Å². The third-order valence-corrected chi connectivity index (χ3v) is 1.77. The van der Waals surface area contributed by atoms with E-state index in [4.69, 9.17) is 5.73 Å². The molecule has 2 rings (SSSR count). The van der Waals surface area contributed by atoms with E-state index in [0.29, 0.717) is 5.82 Å². The van der Waals surface area contributed by atoms with E-state index < -0.39 is 5.56 Å². The highest BCUT2D eigenvalue weighted by molar-refractivity contribution is 5.53. The Kier molecular flexibility index (Phi) is 1.98. The van der Waals surface area contributed by atoms with Crippen molar-refractivity contribution in [3.8, 4) is 11.4 Å². The maximum Gasteiger partial charge on any atom is 0.293 e. The first kappa shape index (κ1) is 8.43. The molecule has 0 saturated carbocycles. The Morgan fingerprint density at radius 3 is 2.50 bits per heavy atom. The first-order valence-electron chi connectivity index (χ1n) is 4.05. The number of H-pyrrole nitrogens is 1. The van der Waals surface area contributed by atoms with E-state index in [0.717, 1.165) is 5.56 Å². The molecule has 0 unspecified atom stereocenters. The summed E-state index contributed by atoms with van der Waals surface area (Å²) >= 11 is 0. The minimum Gasteiger partial charge on any atom is -0.378 e. The summed E-state index contributed by atoms with van der Waals surface area (Å²) in [4.78, 5) is 13.7. The van der Waals surface area contributed by atoms with Crippen LogP contribution in [0.25, 0.3) is 11.4 Å². The van der Waals surface area contributed by atoms with Gasteiger partial charge in [-0.1, -0.05) is 30.3 Å². The van der Waals surface area contributed by atoms with E-state index in [-0.39, 0.29) is 5.82 Å². The molecule has 0 bridgehead atoms. The van der Waals surface area contributed by atoms with Crippen molar-refractivity contribution in [2.75, 3.05) is 5.73 Å². The smallest absolute Gasteiger partial charge is 0.293 e. The van der Waals surface area contributed by atoms with Crippen LogP contribution >= 0.6 is 0 Å². The van der Waals surface area contributed by atoms with Crippen molar-refractivity contribution < 1.29 is 0 Å². The molecule has 0 aliphatic heterocycles. The van der Waals surface area contributed by atoms with Gasteiger partial charge >= 0.3 is 0 Å². The monoisotopic (exact) mass is 188 g/mol. The van der Waals surface area contributed by atoms with Crippen molar-refractivity contribution >= 4 is 5.82 Å². The topological polar surface area (TPSA) is 84.7 Å². The molecule has 0 radical (unpaired) electrons. The van der Waals surface area contributed by atoms with Gasteiger partial charge in [-0.3, -0.25) is 4.79 Å². The summed E-state index contributed by atoms with van der Waals surface area (Å²) in [5, 5.41) is 7.32. The van der Waals surface area contributed by atoms with E-state index >= 15 is 0 Å². The Balaban J connectivity index is 2.54. The Hall–Kier alpha value is -2.17. The van der Waals surface area contributed by atoms with Crippen LogP contribution < -0.4 is 11.3 Å². The van der Waals surface area contributed by atoms with Crippen LogP contribution in [0.4, 0.5) is 5.82 Å². The number of hydrogen-bond acceptors (Lipinski definition) is 4. The van der Waals surface area contributed by atoms with Gasteiger partial charge in [-0.25, -0.2) is 0 Å². The summed E-state index contributed by atoms with van der Waals surface area (Å²) in [6, 6.07) is 9.25. The molecule has 2 aromatic rings. The van der Waals surface area contributed by atoms with Crippen LogP contribution in [0.2, 0.25) is 0 Å². The average molecular weight is 188 g/mol. The zero-order valence-electron chi connectivity index (χ0n) is 7.27. The van der Waals surface area contributed by atoms with Gasteiger partial charge < -0.3 is 10.7 Å². The summed E-state index contributed by atoms with van der Waals surface area (Å²) in [5.41, 5.74) is 5.63. The van der Waals surface area contributed by atoms with Crippen LogP contribution in [0.3, 0.4) is 0 Å². The highest BCUT2D eigenvalue weighted by Gasteiger charge is 2.01. The van der Waals surface area contributed by atoms with Gasteiger partial charge in [-0.15, -0.1) is 10.2 Å². The molecule has 1 heterocycles. The highest BCUT2D eigenvalue weighted by Crippen LogP contribution is 2.10. The van der Waals surface area contributed by atoms with Crippen molar-refractivity contribution in [2.24, 2.45) is 0 Å². The Bertz CT molecular complexity index is 492. The zero-order valence-corrected chi connectivity index (χ0v) is 7.27. The van der Waals surface area contributed by atoms with Crippen LogP contribution in [0.5, 0.6) is 0 Å². The fourth-order valence-electron chi connectivity index (χ4n) is 1.07. The number of anilines is 1. The number of aromatic nitrogens is 3. The number of nitrogens with one attached hydrogen (secondary N) is 1. The number of hydrogen-bond donors (Lipinski definition) is 2. The minimum absolute atomic E-state index is 0.121. The molecule has 0 spiro atoms. The van der Waals surface area contributed by atoms with E-state index in [1.807, 2.05) is 30.3 Å². The Morgan fingerprint density at radius 1 is 1.14 bits per heavy atom. The van der Waals surface area contributed by atoms with Gasteiger partial charge in [0, 0.05) is 5.56 Å². The summed E-state index contributed by atoms with van der Waals surface area (Å²) in [7, 11) is 0. The first-order valence-corrected chi connectivity index (χ1v) is 4.05. The zero-order chi connectivity index (χ0) is 9.97. The van der Waals surface area contributed by atoms with Gasteiger partial charge in [0.25, 0.3) is 5.56 Å². The Morgan fingerprint density at radius 2 is 1.86 bits per heavy atom. The van der Waals surface area contributed by atoms with Gasteiger partial charge in [0.15, 0.2) is 5.82 Å². The van der Waals surface area contributed by atoms with Crippen molar-refractivity contribution in [3.05, 3.63) is 40.7 Å². The molecule has 14 heavy (non-hydrogen) atoms. The summed E-state index contributed by atoms with van der Waals surface area (Å²) < 4.78 is 0.